The van der Waals surface area contributed by atoms with E-state index in [9.17, 15) is 5.26 Å². The van der Waals surface area contributed by atoms with Gasteiger partial charge >= 0.3 is 0 Å². The Kier molecular flexibility index (Phi) is 6.20. The highest BCUT2D eigenvalue weighted by Gasteiger charge is 2.22. The van der Waals surface area contributed by atoms with Gasteiger partial charge in [-0.05, 0) is 41.5 Å². The molecule has 0 spiro atoms. The lowest BCUT2D eigenvalue weighted by Crippen LogP contribution is -2.46. The number of nitriles is 2. The van der Waals surface area contributed by atoms with Crippen LogP contribution in [0.2, 0.25) is 0 Å². The van der Waals surface area contributed by atoms with Crippen LogP contribution in [0.15, 0.2) is 66.2 Å². The van der Waals surface area contributed by atoms with E-state index in [4.69, 9.17) is 10.2 Å². The lowest BCUT2D eigenvalue weighted by atomic mass is 9.97. The van der Waals surface area contributed by atoms with Gasteiger partial charge in [0.15, 0.2) is 0 Å². The number of rotatable bonds is 5. The van der Waals surface area contributed by atoms with Crippen molar-refractivity contribution in [3.8, 4) is 23.3 Å². The Balaban J connectivity index is 1.20. The number of pyridine rings is 2. The van der Waals surface area contributed by atoms with E-state index < -0.39 is 0 Å². The largest absolute Gasteiger partial charge is 0.354 e. The monoisotopic (exact) mass is 501 g/mol. The molecule has 0 saturated carbocycles. The highest BCUT2D eigenvalue weighted by Crippen LogP contribution is 2.32. The second-order valence-corrected chi connectivity index (χ2v) is 9.84. The predicted molar refractivity (Wildman–Crippen MR) is 146 cm³/mol. The van der Waals surface area contributed by atoms with Gasteiger partial charge in [0.2, 0.25) is 0 Å². The minimum Gasteiger partial charge on any atom is -0.354 e. The fourth-order valence-corrected chi connectivity index (χ4v) is 5.28. The maximum Gasteiger partial charge on any atom is 0.128 e. The molecule has 188 valence electrons. The highest BCUT2D eigenvalue weighted by molar-refractivity contribution is 5.85. The molecular weight excluding hydrogens is 474 g/mol. The third kappa shape index (κ3) is 4.56. The van der Waals surface area contributed by atoms with Crippen LogP contribution < -0.4 is 4.90 Å². The van der Waals surface area contributed by atoms with Gasteiger partial charge in [0.1, 0.15) is 11.9 Å². The maximum absolute atomic E-state index is 9.69. The van der Waals surface area contributed by atoms with E-state index in [1.165, 1.54) is 5.56 Å². The summed E-state index contributed by atoms with van der Waals surface area (Å²) in [5.74, 6) is 1.12. The summed E-state index contributed by atoms with van der Waals surface area (Å²) in [5.41, 5.74) is 6.22. The van der Waals surface area contributed by atoms with Crippen molar-refractivity contribution in [2.75, 3.05) is 44.7 Å². The Hall–Kier alpha value is -4.73. The van der Waals surface area contributed by atoms with Crippen LogP contribution >= 0.6 is 0 Å². The number of fused-ring (bicyclic) bond motifs is 1. The third-order valence-electron chi connectivity index (χ3n) is 7.30. The van der Waals surface area contributed by atoms with E-state index in [0.717, 1.165) is 67.3 Å². The number of piperazine rings is 1. The molecule has 2 aliphatic rings. The van der Waals surface area contributed by atoms with E-state index in [2.05, 4.69) is 56.4 Å². The summed E-state index contributed by atoms with van der Waals surface area (Å²) in [6, 6.07) is 18.6. The second-order valence-electron chi connectivity index (χ2n) is 9.84. The van der Waals surface area contributed by atoms with Gasteiger partial charge in [-0.25, -0.2) is 9.50 Å². The molecule has 1 aromatic carbocycles. The van der Waals surface area contributed by atoms with Crippen molar-refractivity contribution in [1.29, 1.82) is 10.5 Å². The molecule has 3 aromatic heterocycles. The third-order valence-corrected chi connectivity index (χ3v) is 7.30. The van der Waals surface area contributed by atoms with Gasteiger partial charge in [0.25, 0.3) is 0 Å². The summed E-state index contributed by atoms with van der Waals surface area (Å²) in [7, 11) is 1.96. The molecular formula is C29H27N9. The predicted octanol–water partition coefficient (Wildman–Crippen LogP) is 3.48. The average Bonchev–Trinajstić information content (AvgIpc) is 3.59. The van der Waals surface area contributed by atoms with Crippen LogP contribution in [0.3, 0.4) is 0 Å². The number of hydrogen-bond donors (Lipinski definition) is 0. The Bertz CT molecular complexity index is 1580. The SMILES string of the molecule is CN1CC(c2cc(-c3ccc(N4CCN(Cc5cccc(C#N)c5)CC4)nc3)c3c(C#N)cnn3c2)C=N1. The van der Waals surface area contributed by atoms with E-state index in [-0.39, 0.29) is 5.92 Å². The zero-order chi connectivity index (χ0) is 26.1. The fourth-order valence-electron chi connectivity index (χ4n) is 5.28. The first-order valence-electron chi connectivity index (χ1n) is 12.7. The molecule has 0 aliphatic carbocycles. The summed E-state index contributed by atoms with van der Waals surface area (Å²) >= 11 is 0. The van der Waals surface area contributed by atoms with Crippen LogP contribution in [0.4, 0.5) is 5.82 Å². The van der Waals surface area contributed by atoms with Gasteiger partial charge < -0.3 is 4.90 Å². The van der Waals surface area contributed by atoms with Crippen LogP contribution in [0.25, 0.3) is 16.6 Å². The van der Waals surface area contributed by atoms with Crippen molar-refractivity contribution in [2.45, 2.75) is 12.5 Å². The molecule has 1 unspecified atom stereocenters. The summed E-state index contributed by atoms with van der Waals surface area (Å²) in [6.45, 7) is 5.29. The lowest BCUT2D eigenvalue weighted by Gasteiger charge is -2.35. The van der Waals surface area contributed by atoms with Crippen molar-refractivity contribution < 1.29 is 0 Å². The van der Waals surface area contributed by atoms with Crippen LogP contribution in [0.1, 0.15) is 28.2 Å². The number of aromatic nitrogens is 3. The first-order valence-corrected chi connectivity index (χ1v) is 12.7. The summed E-state index contributed by atoms with van der Waals surface area (Å²) < 4.78 is 1.80. The number of nitrogens with zero attached hydrogens (tertiary/aromatic N) is 9. The van der Waals surface area contributed by atoms with Gasteiger partial charge in [-0.1, -0.05) is 12.1 Å². The normalized spacial score (nSPS) is 17.6. The molecule has 0 N–H and O–H groups in total. The number of benzene rings is 1. The van der Waals surface area contributed by atoms with Crippen molar-refractivity contribution in [1.82, 2.24) is 24.5 Å². The quantitative estimate of drug-likeness (QED) is 0.413. The Labute approximate surface area is 221 Å². The second kappa shape index (κ2) is 9.97. The molecule has 4 aromatic rings. The number of hydrazone groups is 1. The van der Waals surface area contributed by atoms with E-state index in [1.807, 2.05) is 48.9 Å². The van der Waals surface area contributed by atoms with Crippen LogP contribution in [-0.2, 0) is 6.54 Å². The zero-order valence-electron chi connectivity index (χ0n) is 21.2. The first kappa shape index (κ1) is 23.7. The number of anilines is 1. The smallest absolute Gasteiger partial charge is 0.128 e. The molecule has 0 amide bonds. The van der Waals surface area contributed by atoms with Gasteiger partial charge in [0.05, 0.1) is 28.9 Å². The molecule has 0 radical (unpaired) electrons. The van der Waals surface area contributed by atoms with Gasteiger partial charge in [-0.3, -0.25) is 9.91 Å². The molecule has 5 heterocycles. The highest BCUT2D eigenvalue weighted by atomic mass is 15.4. The van der Waals surface area contributed by atoms with Crippen molar-refractivity contribution >= 4 is 17.5 Å². The lowest BCUT2D eigenvalue weighted by molar-refractivity contribution is 0.249. The summed E-state index contributed by atoms with van der Waals surface area (Å²) in [6.07, 6.45) is 7.47. The molecule has 9 nitrogen and oxygen atoms in total. The van der Waals surface area contributed by atoms with E-state index in [0.29, 0.717) is 11.1 Å². The molecule has 6 rings (SSSR count). The Morgan fingerprint density at radius 1 is 1.00 bits per heavy atom. The molecule has 2 aliphatic heterocycles. The molecule has 1 atom stereocenters. The number of hydrogen-bond acceptors (Lipinski definition) is 8. The summed E-state index contributed by atoms with van der Waals surface area (Å²) in [5, 5.41) is 29.6. The van der Waals surface area contributed by atoms with Crippen molar-refractivity contribution in [3.05, 3.63) is 83.3 Å². The molecule has 9 heteroatoms. The van der Waals surface area contributed by atoms with Crippen LogP contribution in [0, 0.1) is 22.7 Å². The zero-order valence-corrected chi connectivity index (χ0v) is 21.2. The fraction of sp³-hybridized carbons (Fsp3) is 0.276. The minimum atomic E-state index is 0.170. The Morgan fingerprint density at radius 3 is 2.58 bits per heavy atom. The van der Waals surface area contributed by atoms with E-state index in [1.54, 1.807) is 10.7 Å². The molecule has 0 bridgehead atoms. The average molecular weight is 502 g/mol. The van der Waals surface area contributed by atoms with Gasteiger partial charge in [0, 0.05) is 82.0 Å². The molecule has 1 saturated heterocycles. The van der Waals surface area contributed by atoms with Gasteiger partial charge in [-0.2, -0.15) is 20.7 Å². The Morgan fingerprint density at radius 2 is 1.87 bits per heavy atom. The summed E-state index contributed by atoms with van der Waals surface area (Å²) in [4.78, 5) is 9.54. The standard InChI is InChI=1S/C29H27N9/c1-35-19-26(17-33-35)24-12-27(29-25(14-31)16-34-38(29)20-24)23-5-6-28(32-15-23)37-9-7-36(8-10-37)18-22-4-2-3-21(11-22)13-30/h2-6,11-12,15-17,20,26H,7-10,18-19H2,1H3. The molecule has 38 heavy (non-hydrogen) atoms. The van der Waals surface area contributed by atoms with Crippen molar-refractivity contribution in [3.63, 3.8) is 0 Å². The number of likely N-dealkylation sites (N-methyl/N-ethyl adjacent to an activating group) is 1. The van der Waals surface area contributed by atoms with Gasteiger partial charge in [-0.15, -0.1) is 0 Å². The minimum absolute atomic E-state index is 0.170. The first-order chi connectivity index (χ1) is 18.6. The maximum atomic E-state index is 9.69. The van der Waals surface area contributed by atoms with Crippen molar-refractivity contribution in [2.24, 2.45) is 5.10 Å². The van der Waals surface area contributed by atoms with Crippen LogP contribution in [0.5, 0.6) is 0 Å². The topological polar surface area (TPSA) is 99.8 Å². The molecule has 1 fully saturated rings. The van der Waals surface area contributed by atoms with Crippen LogP contribution in [-0.4, -0.2) is 70.5 Å². The van der Waals surface area contributed by atoms with E-state index >= 15 is 0 Å².